The molecule has 0 saturated heterocycles. The number of anilines is 1. The minimum atomic E-state index is -4.57. The van der Waals surface area contributed by atoms with E-state index in [4.69, 9.17) is 5.11 Å². The van der Waals surface area contributed by atoms with Crippen LogP contribution in [0.25, 0.3) is 22.0 Å². The molecule has 0 radical (unpaired) electrons. The van der Waals surface area contributed by atoms with Gasteiger partial charge in [0.1, 0.15) is 17.0 Å². The minimum absolute atomic E-state index is 0.00699. The van der Waals surface area contributed by atoms with Crippen molar-refractivity contribution >= 4 is 16.6 Å². The van der Waals surface area contributed by atoms with E-state index in [0.717, 1.165) is 12.1 Å². The molecule has 0 aliphatic carbocycles. The Kier molecular flexibility index (Phi) is 5.14. The number of phenolic OH excluding ortho intramolecular Hbond substituents is 1. The number of nitrogens with zero attached hydrogens (tertiary/aromatic N) is 2. The fourth-order valence-electron chi connectivity index (χ4n) is 2.67. The van der Waals surface area contributed by atoms with Crippen molar-refractivity contribution in [3.05, 3.63) is 48.0 Å². The lowest BCUT2D eigenvalue weighted by molar-refractivity contribution is -0.137. The number of alkyl halides is 3. The van der Waals surface area contributed by atoms with Crippen molar-refractivity contribution in [1.82, 2.24) is 10.2 Å². The van der Waals surface area contributed by atoms with Crippen molar-refractivity contribution in [2.45, 2.75) is 18.7 Å². The largest absolute Gasteiger partial charge is 0.507 e. The molecule has 28 heavy (non-hydrogen) atoms. The van der Waals surface area contributed by atoms with Crippen molar-refractivity contribution in [1.29, 1.82) is 0 Å². The molecule has 0 bridgehead atoms. The molecule has 4 N–H and O–H groups in total. The molecule has 0 aliphatic rings. The quantitative estimate of drug-likeness (QED) is 0.532. The van der Waals surface area contributed by atoms with Crippen LogP contribution in [0, 0.1) is 0 Å². The van der Waals surface area contributed by atoms with E-state index >= 15 is 0 Å². The number of aliphatic hydroxyl groups excluding tert-OH is 1. The third kappa shape index (κ3) is 4.00. The van der Waals surface area contributed by atoms with Crippen LogP contribution in [0.2, 0.25) is 0 Å². The first kappa shape index (κ1) is 19.8. The van der Waals surface area contributed by atoms with Crippen molar-refractivity contribution in [2.75, 3.05) is 18.5 Å². The van der Waals surface area contributed by atoms with Crippen molar-refractivity contribution in [3.8, 4) is 17.0 Å². The maximum Gasteiger partial charge on any atom is 0.416 e. The van der Waals surface area contributed by atoms with Gasteiger partial charge >= 0.3 is 6.18 Å². The summed E-state index contributed by atoms with van der Waals surface area (Å²) >= 11 is 0. The second kappa shape index (κ2) is 7.25. The second-order valence-corrected chi connectivity index (χ2v) is 6.68. The summed E-state index contributed by atoms with van der Waals surface area (Å²) in [6.07, 6.45) is -4.57. The number of hydrogen-bond acceptors (Lipinski definition) is 6. The van der Waals surface area contributed by atoms with Crippen LogP contribution < -0.4 is 5.32 Å². The third-order valence-corrected chi connectivity index (χ3v) is 4.24. The molecule has 1 aromatic heterocycles. The van der Waals surface area contributed by atoms with Gasteiger partial charge in [-0.2, -0.15) is 13.2 Å². The first-order chi connectivity index (χ1) is 13.1. The van der Waals surface area contributed by atoms with Gasteiger partial charge in [0.2, 0.25) is 0 Å². The number of hydrogen-bond donors (Lipinski definition) is 4. The van der Waals surface area contributed by atoms with E-state index < -0.39 is 29.7 Å². The lowest BCUT2D eigenvalue weighted by atomic mass is 10.0. The predicted molar refractivity (Wildman–Crippen MR) is 97.8 cm³/mol. The van der Waals surface area contributed by atoms with Crippen LogP contribution in [0.3, 0.4) is 0 Å². The normalized spacial score (nSPS) is 14.1. The van der Waals surface area contributed by atoms with Gasteiger partial charge in [0.15, 0.2) is 5.82 Å². The number of halogens is 3. The smallest absolute Gasteiger partial charge is 0.416 e. The Labute approximate surface area is 158 Å². The zero-order valence-corrected chi connectivity index (χ0v) is 14.8. The monoisotopic (exact) mass is 393 g/mol. The number of benzene rings is 2. The number of aromatic hydroxyl groups is 1. The first-order valence-corrected chi connectivity index (χ1v) is 8.35. The van der Waals surface area contributed by atoms with Crippen molar-refractivity contribution < 1.29 is 28.5 Å². The number of rotatable bonds is 5. The summed E-state index contributed by atoms with van der Waals surface area (Å²) in [5, 5.41) is 41.4. The van der Waals surface area contributed by atoms with Gasteiger partial charge in [0.25, 0.3) is 0 Å². The highest BCUT2D eigenvalue weighted by molar-refractivity contribution is 6.00. The van der Waals surface area contributed by atoms with Crippen molar-refractivity contribution in [3.63, 3.8) is 0 Å². The Bertz CT molecular complexity index is 1010. The number of nitrogens with one attached hydrogen (secondary N) is 1. The average Bonchev–Trinajstić information content (AvgIpc) is 2.65. The summed E-state index contributed by atoms with van der Waals surface area (Å²) in [4.78, 5) is 0. The molecule has 0 aliphatic heterocycles. The lowest BCUT2D eigenvalue weighted by Crippen LogP contribution is -2.37. The molecule has 0 amide bonds. The van der Waals surface area contributed by atoms with E-state index in [0.29, 0.717) is 22.7 Å². The fraction of sp³-hybridized carbons (Fsp3) is 0.263. The van der Waals surface area contributed by atoms with Gasteiger partial charge in [0, 0.05) is 22.9 Å². The molecule has 6 nitrogen and oxygen atoms in total. The Balaban J connectivity index is 2.06. The standard InChI is InChI=1S/C19H18F3N3O3/c1-18(28,10-26)9-23-17-13-5-3-2-4-12(13)16(24-25-17)14-7-6-11(8-15(14)27)19(20,21)22/h2-8,26-28H,9-10H2,1H3,(H,23,25)/t18-/m0/s1. The molecule has 3 aromatic rings. The number of aliphatic hydroxyl groups is 2. The molecule has 3 rings (SSSR count). The summed E-state index contributed by atoms with van der Waals surface area (Å²) < 4.78 is 38.5. The van der Waals surface area contributed by atoms with Gasteiger partial charge in [-0.1, -0.05) is 24.3 Å². The molecule has 9 heteroatoms. The zero-order valence-electron chi connectivity index (χ0n) is 14.8. The summed E-state index contributed by atoms with van der Waals surface area (Å²) in [6, 6.07) is 9.57. The topological polar surface area (TPSA) is 98.5 Å². The molecule has 0 unspecified atom stereocenters. The van der Waals surface area contributed by atoms with Gasteiger partial charge in [-0.15, -0.1) is 10.2 Å². The van der Waals surface area contributed by atoms with E-state index in [9.17, 15) is 23.4 Å². The van der Waals surface area contributed by atoms with Crippen LogP contribution in [0.15, 0.2) is 42.5 Å². The van der Waals surface area contributed by atoms with E-state index in [2.05, 4.69) is 15.5 Å². The summed E-state index contributed by atoms with van der Waals surface area (Å²) in [7, 11) is 0. The van der Waals surface area contributed by atoms with Crippen LogP contribution in [0.4, 0.5) is 19.0 Å². The average molecular weight is 393 g/mol. The van der Waals surface area contributed by atoms with Crippen LogP contribution in [-0.2, 0) is 6.18 Å². The maximum atomic E-state index is 12.8. The molecule has 1 heterocycles. The Morgan fingerprint density at radius 1 is 1.04 bits per heavy atom. The lowest BCUT2D eigenvalue weighted by Gasteiger charge is -2.21. The first-order valence-electron chi connectivity index (χ1n) is 8.35. The fourth-order valence-corrected chi connectivity index (χ4v) is 2.67. The number of phenols is 1. The molecule has 0 saturated carbocycles. The number of fused-ring (bicyclic) bond motifs is 1. The van der Waals surface area contributed by atoms with Gasteiger partial charge in [-0.25, -0.2) is 0 Å². The number of aromatic nitrogens is 2. The van der Waals surface area contributed by atoms with Crippen LogP contribution in [-0.4, -0.2) is 44.3 Å². The minimum Gasteiger partial charge on any atom is -0.507 e. The molecule has 1 atom stereocenters. The van der Waals surface area contributed by atoms with Gasteiger partial charge < -0.3 is 20.6 Å². The van der Waals surface area contributed by atoms with Gasteiger partial charge in [-0.3, -0.25) is 0 Å². The Hall–Kier alpha value is -2.91. The highest BCUT2D eigenvalue weighted by atomic mass is 19.4. The molecule has 148 valence electrons. The highest BCUT2D eigenvalue weighted by Crippen LogP contribution is 2.38. The van der Waals surface area contributed by atoms with E-state index in [1.807, 2.05) is 0 Å². The van der Waals surface area contributed by atoms with Crippen LogP contribution in [0.5, 0.6) is 5.75 Å². The van der Waals surface area contributed by atoms with Crippen LogP contribution >= 0.6 is 0 Å². The maximum absolute atomic E-state index is 12.8. The zero-order chi connectivity index (χ0) is 20.5. The summed E-state index contributed by atoms with van der Waals surface area (Å²) in [6.45, 7) is 1.00. The van der Waals surface area contributed by atoms with E-state index in [1.54, 1.807) is 24.3 Å². The predicted octanol–water partition coefficient (Wildman–Crippen LogP) is 3.18. The summed E-state index contributed by atoms with van der Waals surface area (Å²) in [5.41, 5.74) is -1.99. The van der Waals surface area contributed by atoms with Gasteiger partial charge in [-0.05, 0) is 25.1 Å². The second-order valence-electron chi connectivity index (χ2n) is 6.68. The molecular formula is C19H18F3N3O3. The summed E-state index contributed by atoms with van der Waals surface area (Å²) in [5.74, 6) is -0.224. The molecular weight excluding hydrogens is 375 g/mol. The van der Waals surface area contributed by atoms with E-state index in [1.165, 1.54) is 6.92 Å². The van der Waals surface area contributed by atoms with Crippen LogP contribution in [0.1, 0.15) is 12.5 Å². The molecule has 2 aromatic carbocycles. The Morgan fingerprint density at radius 2 is 1.71 bits per heavy atom. The van der Waals surface area contributed by atoms with E-state index in [-0.39, 0.29) is 17.8 Å². The molecule has 0 spiro atoms. The highest BCUT2D eigenvalue weighted by Gasteiger charge is 2.31. The van der Waals surface area contributed by atoms with Gasteiger partial charge in [0.05, 0.1) is 12.2 Å². The SMILES string of the molecule is C[C@@](O)(CO)CNc1nnc(-c2ccc(C(F)(F)F)cc2O)c2ccccc12. The third-order valence-electron chi connectivity index (χ3n) is 4.24. The molecule has 0 fully saturated rings. The van der Waals surface area contributed by atoms with Crippen molar-refractivity contribution in [2.24, 2.45) is 0 Å². The Morgan fingerprint density at radius 3 is 2.32 bits per heavy atom.